The first kappa shape index (κ1) is 13.3. The highest BCUT2D eigenvalue weighted by atomic mass is 32.1. The van der Waals surface area contributed by atoms with E-state index in [2.05, 4.69) is 5.32 Å². The first-order chi connectivity index (χ1) is 9.13. The predicted octanol–water partition coefficient (Wildman–Crippen LogP) is 2.53. The molecule has 3 aliphatic carbocycles. The van der Waals surface area contributed by atoms with E-state index in [4.69, 9.17) is 18.0 Å². The summed E-state index contributed by atoms with van der Waals surface area (Å²) in [7, 11) is 0. The zero-order valence-electron chi connectivity index (χ0n) is 11.5. The second-order valence-electron chi connectivity index (χ2n) is 6.68. The summed E-state index contributed by atoms with van der Waals surface area (Å²) in [6.45, 7) is 0. The molecule has 106 valence electrons. The minimum atomic E-state index is -0.546. The van der Waals surface area contributed by atoms with E-state index in [1.54, 1.807) is 0 Å². The number of nitrogens with one attached hydrogen (secondary N) is 1. The average Bonchev–Trinajstić information content (AvgIpc) is 3.29. The van der Waals surface area contributed by atoms with Crippen molar-refractivity contribution in [1.82, 2.24) is 5.32 Å². The molecule has 0 saturated heterocycles. The summed E-state index contributed by atoms with van der Waals surface area (Å²) < 4.78 is 0. The largest absolute Gasteiger partial charge is 0.392 e. The van der Waals surface area contributed by atoms with Crippen LogP contribution in [0.15, 0.2) is 0 Å². The lowest BCUT2D eigenvalue weighted by Crippen LogP contribution is -2.53. The van der Waals surface area contributed by atoms with Crippen LogP contribution in [0.3, 0.4) is 0 Å². The minimum absolute atomic E-state index is 0.128. The third-order valence-corrected chi connectivity index (χ3v) is 5.56. The van der Waals surface area contributed by atoms with Gasteiger partial charge < -0.3 is 11.1 Å². The number of amides is 1. The molecule has 19 heavy (non-hydrogen) atoms. The van der Waals surface area contributed by atoms with Crippen LogP contribution in [0.2, 0.25) is 0 Å². The van der Waals surface area contributed by atoms with Crippen molar-refractivity contribution in [2.75, 3.05) is 0 Å². The zero-order chi connectivity index (χ0) is 13.5. The fourth-order valence-corrected chi connectivity index (χ4v) is 3.86. The van der Waals surface area contributed by atoms with Crippen LogP contribution in [-0.2, 0) is 4.79 Å². The number of carbonyl (C=O) groups excluding carboxylic acids is 1. The van der Waals surface area contributed by atoms with Gasteiger partial charge in [-0.25, -0.2) is 0 Å². The van der Waals surface area contributed by atoms with Gasteiger partial charge >= 0.3 is 0 Å². The molecule has 0 aromatic heterocycles. The molecule has 0 radical (unpaired) electrons. The van der Waals surface area contributed by atoms with E-state index < -0.39 is 5.41 Å². The fraction of sp³-hybridized carbons (Fsp3) is 0.867. The van der Waals surface area contributed by atoms with Gasteiger partial charge in [-0.2, -0.15) is 0 Å². The van der Waals surface area contributed by atoms with E-state index in [0.717, 1.165) is 37.5 Å². The predicted molar refractivity (Wildman–Crippen MR) is 79.7 cm³/mol. The van der Waals surface area contributed by atoms with Crippen molar-refractivity contribution in [3.63, 3.8) is 0 Å². The van der Waals surface area contributed by atoms with Gasteiger partial charge in [-0.05, 0) is 50.4 Å². The number of hydrogen-bond acceptors (Lipinski definition) is 2. The summed E-state index contributed by atoms with van der Waals surface area (Å²) in [5, 5.41) is 3.33. The molecule has 4 heteroatoms. The Hall–Kier alpha value is -0.640. The van der Waals surface area contributed by atoms with Crippen LogP contribution in [0.25, 0.3) is 0 Å². The molecule has 0 aliphatic heterocycles. The van der Waals surface area contributed by atoms with Crippen LogP contribution in [0, 0.1) is 17.3 Å². The Morgan fingerprint density at radius 1 is 1.11 bits per heavy atom. The van der Waals surface area contributed by atoms with Gasteiger partial charge in [0.05, 0.1) is 10.4 Å². The third-order valence-electron chi connectivity index (χ3n) is 5.17. The van der Waals surface area contributed by atoms with E-state index >= 15 is 0 Å². The van der Waals surface area contributed by atoms with Gasteiger partial charge in [-0.15, -0.1) is 0 Å². The third kappa shape index (κ3) is 2.64. The molecule has 3 fully saturated rings. The molecule has 3 N–H and O–H groups in total. The first-order valence-electron chi connectivity index (χ1n) is 7.74. The van der Waals surface area contributed by atoms with Crippen molar-refractivity contribution >= 4 is 23.1 Å². The van der Waals surface area contributed by atoms with Crippen LogP contribution in [0.5, 0.6) is 0 Å². The van der Waals surface area contributed by atoms with Gasteiger partial charge in [0, 0.05) is 6.04 Å². The SMILES string of the molecule is NC(=S)C1(C(=O)NC(C2CC2)C2CC2)CCCCC1. The van der Waals surface area contributed by atoms with Crippen LogP contribution in [0.1, 0.15) is 57.8 Å². The Morgan fingerprint density at radius 2 is 1.63 bits per heavy atom. The van der Waals surface area contributed by atoms with Crippen molar-refractivity contribution < 1.29 is 4.79 Å². The second kappa shape index (κ2) is 5.04. The molecular weight excluding hydrogens is 256 g/mol. The van der Waals surface area contributed by atoms with Crippen LogP contribution >= 0.6 is 12.2 Å². The van der Waals surface area contributed by atoms with E-state index in [-0.39, 0.29) is 5.91 Å². The monoisotopic (exact) mass is 280 g/mol. The standard InChI is InChI=1S/C15H24N2OS/c16-13(19)15(8-2-1-3-9-15)14(18)17-12(10-4-5-10)11-6-7-11/h10-12H,1-9H2,(H2,16,19)(H,17,18). The highest BCUT2D eigenvalue weighted by molar-refractivity contribution is 7.80. The Labute approximate surface area is 120 Å². The summed E-state index contributed by atoms with van der Waals surface area (Å²) >= 11 is 5.24. The highest BCUT2D eigenvalue weighted by Gasteiger charge is 2.47. The molecule has 0 aromatic rings. The molecule has 0 bridgehead atoms. The summed E-state index contributed by atoms with van der Waals surface area (Å²) in [4.78, 5) is 13.2. The van der Waals surface area contributed by atoms with Crippen molar-refractivity contribution in [3.05, 3.63) is 0 Å². The maximum Gasteiger partial charge on any atom is 0.233 e. The van der Waals surface area contributed by atoms with Gasteiger partial charge in [-0.3, -0.25) is 4.79 Å². The van der Waals surface area contributed by atoms with E-state index in [9.17, 15) is 4.79 Å². The first-order valence-corrected chi connectivity index (χ1v) is 8.15. The topological polar surface area (TPSA) is 55.1 Å². The fourth-order valence-electron chi connectivity index (χ4n) is 3.56. The summed E-state index contributed by atoms with van der Waals surface area (Å²) in [5.74, 6) is 1.58. The van der Waals surface area contributed by atoms with Crippen LogP contribution in [0.4, 0.5) is 0 Å². The smallest absolute Gasteiger partial charge is 0.233 e. The van der Waals surface area contributed by atoms with Gasteiger partial charge in [-0.1, -0.05) is 31.5 Å². The maximum atomic E-state index is 12.8. The highest BCUT2D eigenvalue weighted by Crippen LogP contribution is 2.45. The molecular formula is C15H24N2OS. The maximum absolute atomic E-state index is 12.8. The van der Waals surface area contributed by atoms with Gasteiger partial charge in [0.1, 0.15) is 0 Å². The Morgan fingerprint density at radius 3 is 2.05 bits per heavy atom. The van der Waals surface area contributed by atoms with Gasteiger partial charge in [0.25, 0.3) is 0 Å². The molecule has 0 atom stereocenters. The number of rotatable bonds is 5. The summed E-state index contributed by atoms with van der Waals surface area (Å²) in [5.41, 5.74) is 5.39. The average molecular weight is 280 g/mol. The van der Waals surface area contributed by atoms with Crippen molar-refractivity contribution in [3.8, 4) is 0 Å². The van der Waals surface area contributed by atoms with Crippen molar-refractivity contribution in [2.24, 2.45) is 23.0 Å². The molecule has 0 spiro atoms. The molecule has 3 aliphatic rings. The lowest BCUT2D eigenvalue weighted by atomic mass is 9.73. The van der Waals surface area contributed by atoms with E-state index in [1.807, 2.05) is 0 Å². The lowest BCUT2D eigenvalue weighted by Gasteiger charge is -2.36. The molecule has 3 saturated carbocycles. The van der Waals surface area contributed by atoms with Crippen molar-refractivity contribution in [2.45, 2.75) is 63.8 Å². The number of carbonyl (C=O) groups is 1. The second-order valence-corrected chi connectivity index (χ2v) is 7.12. The normalized spacial score (nSPS) is 26.2. The van der Waals surface area contributed by atoms with Crippen LogP contribution < -0.4 is 11.1 Å². The Kier molecular flexibility index (Phi) is 3.54. The van der Waals surface area contributed by atoms with Gasteiger partial charge in [0.15, 0.2) is 0 Å². The quantitative estimate of drug-likeness (QED) is 0.761. The summed E-state index contributed by atoms with van der Waals surface area (Å²) in [6, 6.07) is 0.403. The van der Waals surface area contributed by atoms with Gasteiger partial charge in [0.2, 0.25) is 5.91 Å². The van der Waals surface area contributed by atoms with Crippen molar-refractivity contribution in [1.29, 1.82) is 0 Å². The van der Waals surface area contributed by atoms with E-state index in [1.165, 1.54) is 32.1 Å². The molecule has 3 nitrogen and oxygen atoms in total. The number of thiocarbonyl (C=S) groups is 1. The molecule has 3 rings (SSSR count). The molecule has 0 heterocycles. The Bertz CT molecular complexity index is 370. The zero-order valence-corrected chi connectivity index (χ0v) is 12.3. The molecule has 0 unspecified atom stereocenters. The Balaban J connectivity index is 1.70. The molecule has 0 aromatic carbocycles. The lowest BCUT2D eigenvalue weighted by molar-refractivity contribution is -0.129. The number of hydrogen-bond donors (Lipinski definition) is 2. The van der Waals surface area contributed by atoms with Crippen LogP contribution in [-0.4, -0.2) is 16.9 Å². The van der Waals surface area contributed by atoms with E-state index in [0.29, 0.717) is 11.0 Å². The summed E-state index contributed by atoms with van der Waals surface area (Å²) in [6.07, 6.45) is 10.1. The minimum Gasteiger partial charge on any atom is -0.392 e. The molecule has 1 amide bonds. The number of nitrogens with two attached hydrogens (primary N) is 1.